The molecule has 3 rings (SSSR count). The van der Waals surface area contributed by atoms with E-state index in [1.807, 2.05) is 25.1 Å². The van der Waals surface area contributed by atoms with Crippen LogP contribution in [-0.2, 0) is 21.2 Å². The second-order valence-electron chi connectivity index (χ2n) is 7.15. The minimum atomic E-state index is -3.71. The molecule has 0 aromatic heterocycles. The highest BCUT2D eigenvalue weighted by Crippen LogP contribution is 2.32. The first-order chi connectivity index (χ1) is 13.3. The summed E-state index contributed by atoms with van der Waals surface area (Å²) in [5, 5.41) is 2.99. The number of rotatable bonds is 6. The van der Waals surface area contributed by atoms with Gasteiger partial charge in [-0.25, -0.2) is 8.42 Å². The van der Waals surface area contributed by atoms with E-state index in [-0.39, 0.29) is 23.4 Å². The van der Waals surface area contributed by atoms with Crippen LogP contribution in [0.5, 0.6) is 5.75 Å². The van der Waals surface area contributed by atoms with Gasteiger partial charge in [0.15, 0.2) is 0 Å². The van der Waals surface area contributed by atoms with Crippen LogP contribution < -0.4 is 10.1 Å². The van der Waals surface area contributed by atoms with Gasteiger partial charge in [-0.1, -0.05) is 23.8 Å². The third-order valence-corrected chi connectivity index (χ3v) is 6.91. The molecule has 1 N–H and O–H groups in total. The fourth-order valence-corrected chi connectivity index (χ4v) is 4.61. The Balaban J connectivity index is 1.68. The Kier molecular flexibility index (Phi) is 6.05. The molecule has 0 radical (unpaired) electrons. The molecule has 0 heterocycles. The van der Waals surface area contributed by atoms with Crippen molar-refractivity contribution in [3.8, 4) is 5.75 Å². The van der Waals surface area contributed by atoms with E-state index in [4.69, 9.17) is 4.74 Å². The third kappa shape index (κ3) is 4.36. The van der Waals surface area contributed by atoms with Gasteiger partial charge in [-0.15, -0.1) is 0 Å². The van der Waals surface area contributed by atoms with Crippen LogP contribution in [0.15, 0.2) is 47.4 Å². The zero-order valence-corrected chi connectivity index (χ0v) is 17.3. The number of ether oxygens (including phenoxy) is 1. The SMILES string of the molecule is COc1ccc2c(c1)CCCC2NC(=O)CN(C)S(=O)(=O)c1ccc(C)cc1. The van der Waals surface area contributed by atoms with Crippen LogP contribution in [0.25, 0.3) is 0 Å². The van der Waals surface area contributed by atoms with Crippen molar-refractivity contribution >= 4 is 15.9 Å². The van der Waals surface area contributed by atoms with Crippen LogP contribution in [0.2, 0.25) is 0 Å². The van der Waals surface area contributed by atoms with Crippen molar-refractivity contribution < 1.29 is 17.9 Å². The highest BCUT2D eigenvalue weighted by molar-refractivity contribution is 7.89. The van der Waals surface area contributed by atoms with E-state index in [0.29, 0.717) is 0 Å². The summed E-state index contributed by atoms with van der Waals surface area (Å²) >= 11 is 0. The molecule has 0 saturated heterocycles. The second kappa shape index (κ2) is 8.32. The number of carbonyl (C=O) groups excluding carboxylic acids is 1. The molecule has 150 valence electrons. The van der Waals surface area contributed by atoms with Crippen molar-refractivity contribution in [2.24, 2.45) is 0 Å². The maximum absolute atomic E-state index is 12.7. The monoisotopic (exact) mass is 402 g/mol. The Morgan fingerprint density at radius 2 is 1.93 bits per heavy atom. The third-order valence-electron chi connectivity index (χ3n) is 5.10. The lowest BCUT2D eigenvalue weighted by Gasteiger charge is -2.27. The predicted octanol–water partition coefficient (Wildman–Crippen LogP) is 2.82. The van der Waals surface area contributed by atoms with Crippen LogP contribution in [0.1, 0.15) is 35.6 Å². The van der Waals surface area contributed by atoms with Gasteiger partial charge in [-0.3, -0.25) is 4.79 Å². The lowest BCUT2D eigenvalue weighted by molar-refractivity contribution is -0.122. The van der Waals surface area contributed by atoms with Crippen molar-refractivity contribution in [1.82, 2.24) is 9.62 Å². The summed E-state index contributed by atoms with van der Waals surface area (Å²) < 4.78 is 31.7. The van der Waals surface area contributed by atoms with Crippen molar-refractivity contribution in [2.75, 3.05) is 20.7 Å². The number of nitrogens with one attached hydrogen (secondary N) is 1. The van der Waals surface area contributed by atoms with Crippen LogP contribution in [-0.4, -0.2) is 39.3 Å². The Labute approximate surface area is 166 Å². The molecule has 28 heavy (non-hydrogen) atoms. The number of methoxy groups -OCH3 is 1. The maximum Gasteiger partial charge on any atom is 0.243 e. The molecule has 0 spiro atoms. The number of amides is 1. The first-order valence-corrected chi connectivity index (χ1v) is 10.7. The van der Waals surface area contributed by atoms with Gasteiger partial charge in [0.2, 0.25) is 15.9 Å². The molecule has 1 unspecified atom stereocenters. The van der Waals surface area contributed by atoms with Gasteiger partial charge < -0.3 is 10.1 Å². The fraction of sp³-hybridized carbons (Fsp3) is 0.381. The zero-order valence-electron chi connectivity index (χ0n) is 16.4. The molecular formula is C21H26N2O4S. The number of hydrogen-bond donors (Lipinski definition) is 1. The van der Waals surface area contributed by atoms with Crippen LogP contribution >= 0.6 is 0 Å². The molecule has 7 heteroatoms. The van der Waals surface area contributed by atoms with E-state index in [1.54, 1.807) is 31.4 Å². The van der Waals surface area contributed by atoms with E-state index in [2.05, 4.69) is 5.32 Å². The molecule has 0 saturated carbocycles. The number of nitrogens with zero attached hydrogens (tertiary/aromatic N) is 1. The number of sulfonamides is 1. The van der Waals surface area contributed by atoms with Crippen LogP contribution in [0.3, 0.4) is 0 Å². The minimum Gasteiger partial charge on any atom is -0.497 e. The number of hydrogen-bond acceptors (Lipinski definition) is 4. The summed E-state index contributed by atoms with van der Waals surface area (Å²) in [6.45, 7) is 1.67. The van der Waals surface area contributed by atoms with Gasteiger partial charge in [0, 0.05) is 7.05 Å². The molecule has 0 bridgehead atoms. The number of likely N-dealkylation sites (N-methyl/N-ethyl adjacent to an activating group) is 1. The lowest BCUT2D eigenvalue weighted by Crippen LogP contribution is -2.40. The standard InChI is InChI=1S/C21H26N2O4S/c1-15-7-10-18(11-8-15)28(25,26)23(2)14-21(24)22-20-6-4-5-16-13-17(27-3)9-12-19(16)20/h7-13,20H,4-6,14H2,1-3H3,(H,22,24). The topological polar surface area (TPSA) is 75.7 Å². The molecule has 1 amide bonds. The highest BCUT2D eigenvalue weighted by Gasteiger charge is 2.26. The summed E-state index contributed by atoms with van der Waals surface area (Å²) in [7, 11) is -0.647. The fourth-order valence-electron chi connectivity index (χ4n) is 3.48. The number of aryl methyl sites for hydroxylation is 2. The van der Waals surface area contributed by atoms with Crippen LogP contribution in [0.4, 0.5) is 0 Å². The van der Waals surface area contributed by atoms with E-state index >= 15 is 0 Å². The molecule has 1 aliphatic carbocycles. The summed E-state index contributed by atoms with van der Waals surface area (Å²) in [6, 6.07) is 12.4. The molecule has 6 nitrogen and oxygen atoms in total. The van der Waals surface area contributed by atoms with Gasteiger partial charge in [0.1, 0.15) is 5.75 Å². The minimum absolute atomic E-state index is 0.113. The predicted molar refractivity (Wildman–Crippen MR) is 108 cm³/mol. The van der Waals surface area contributed by atoms with Crippen LogP contribution in [0, 0.1) is 6.92 Å². The normalized spacial score (nSPS) is 16.5. The lowest BCUT2D eigenvalue weighted by atomic mass is 9.87. The van der Waals surface area contributed by atoms with Gasteiger partial charge in [-0.2, -0.15) is 4.31 Å². The summed E-state index contributed by atoms with van der Waals surface area (Å²) in [5.41, 5.74) is 3.22. The first-order valence-electron chi connectivity index (χ1n) is 9.30. The highest BCUT2D eigenvalue weighted by atomic mass is 32.2. The largest absolute Gasteiger partial charge is 0.497 e. The van der Waals surface area contributed by atoms with Crippen molar-refractivity contribution in [3.63, 3.8) is 0 Å². The maximum atomic E-state index is 12.7. The molecular weight excluding hydrogens is 376 g/mol. The number of fused-ring (bicyclic) bond motifs is 1. The zero-order chi connectivity index (χ0) is 20.3. The van der Waals surface area contributed by atoms with Gasteiger partial charge >= 0.3 is 0 Å². The molecule has 0 fully saturated rings. The van der Waals surface area contributed by atoms with Gasteiger partial charge in [0.05, 0.1) is 24.6 Å². The summed E-state index contributed by atoms with van der Waals surface area (Å²) in [6.07, 6.45) is 2.74. The molecule has 1 aliphatic rings. The van der Waals surface area contributed by atoms with E-state index in [9.17, 15) is 13.2 Å². The Morgan fingerprint density at radius 1 is 1.21 bits per heavy atom. The molecule has 2 aromatic rings. The smallest absolute Gasteiger partial charge is 0.243 e. The average molecular weight is 403 g/mol. The first kappa shape index (κ1) is 20.4. The average Bonchev–Trinajstić information content (AvgIpc) is 2.68. The van der Waals surface area contributed by atoms with Gasteiger partial charge in [-0.05, 0) is 61.6 Å². The Morgan fingerprint density at radius 3 is 2.61 bits per heavy atom. The molecule has 1 atom stereocenters. The van der Waals surface area contributed by atoms with Crippen molar-refractivity contribution in [3.05, 3.63) is 59.2 Å². The number of carbonyl (C=O) groups is 1. The van der Waals surface area contributed by atoms with Gasteiger partial charge in [0.25, 0.3) is 0 Å². The van der Waals surface area contributed by atoms with Crippen molar-refractivity contribution in [1.29, 1.82) is 0 Å². The Hall–Kier alpha value is -2.38. The van der Waals surface area contributed by atoms with E-state index in [1.165, 1.54) is 7.05 Å². The van der Waals surface area contributed by atoms with Crippen molar-refractivity contribution in [2.45, 2.75) is 37.1 Å². The molecule has 2 aromatic carbocycles. The molecule has 0 aliphatic heterocycles. The van der Waals surface area contributed by atoms with E-state index < -0.39 is 10.0 Å². The summed E-state index contributed by atoms with van der Waals surface area (Å²) in [4.78, 5) is 12.7. The summed E-state index contributed by atoms with van der Waals surface area (Å²) in [5.74, 6) is 0.488. The number of benzene rings is 2. The van der Waals surface area contributed by atoms with E-state index in [0.717, 1.165) is 46.0 Å². The second-order valence-corrected chi connectivity index (χ2v) is 9.20. The Bertz CT molecular complexity index is 955. The quantitative estimate of drug-likeness (QED) is 0.806.